The molecule has 0 spiro atoms. The van der Waals surface area contributed by atoms with Crippen LogP contribution in [-0.4, -0.2) is 34.2 Å². The van der Waals surface area contributed by atoms with Gasteiger partial charge in [0.2, 0.25) is 0 Å². The van der Waals surface area contributed by atoms with E-state index in [2.05, 4.69) is 0 Å². The summed E-state index contributed by atoms with van der Waals surface area (Å²) in [6.45, 7) is 0. The fourth-order valence-corrected chi connectivity index (χ4v) is 4.76. The maximum atomic E-state index is 14.4. The van der Waals surface area contributed by atoms with Gasteiger partial charge in [-0.3, -0.25) is 4.79 Å². The Hall–Kier alpha value is -4.77. The molecule has 0 aromatic heterocycles. The second kappa shape index (κ2) is 10.7. The van der Waals surface area contributed by atoms with Gasteiger partial charge in [-0.2, -0.15) is 0 Å². The lowest BCUT2D eigenvalue weighted by molar-refractivity contribution is -0.108. The van der Waals surface area contributed by atoms with Crippen LogP contribution < -0.4 is 18.9 Å². The number of hydrogen-bond donors (Lipinski definition) is 0. The molecular weight excluding hydrogens is 476 g/mol. The van der Waals surface area contributed by atoms with Crippen molar-refractivity contribution < 1.29 is 23.7 Å². The van der Waals surface area contributed by atoms with Gasteiger partial charge in [-0.05, 0) is 70.8 Å². The third-order valence-corrected chi connectivity index (χ3v) is 6.72. The van der Waals surface area contributed by atoms with E-state index in [4.69, 9.17) is 18.9 Å². The maximum Gasteiger partial charge on any atom is 0.195 e. The van der Waals surface area contributed by atoms with Gasteiger partial charge in [0.05, 0.1) is 28.4 Å². The highest BCUT2D eigenvalue weighted by Crippen LogP contribution is 2.50. The number of carbonyl (C=O) groups is 1. The number of ketones is 1. The van der Waals surface area contributed by atoms with Crippen molar-refractivity contribution in [2.45, 2.75) is 0 Å². The predicted octanol–water partition coefficient (Wildman–Crippen LogP) is 6.83. The average molecular weight is 505 g/mol. The molecule has 5 nitrogen and oxygen atoms in total. The van der Waals surface area contributed by atoms with Gasteiger partial charge in [0, 0.05) is 22.3 Å². The van der Waals surface area contributed by atoms with Crippen molar-refractivity contribution in [3.8, 4) is 23.0 Å². The molecule has 0 saturated carbocycles. The van der Waals surface area contributed by atoms with Crippen molar-refractivity contribution in [3.63, 3.8) is 0 Å². The van der Waals surface area contributed by atoms with E-state index in [1.807, 2.05) is 97.1 Å². The molecule has 4 aromatic rings. The molecular formula is C33H28O5. The third kappa shape index (κ3) is 4.55. The molecule has 1 aliphatic carbocycles. The van der Waals surface area contributed by atoms with Crippen LogP contribution >= 0.6 is 0 Å². The number of allylic oxidation sites excluding steroid dienone is 4. The Morgan fingerprint density at radius 3 is 0.763 bits per heavy atom. The van der Waals surface area contributed by atoms with Gasteiger partial charge >= 0.3 is 0 Å². The molecule has 4 aromatic carbocycles. The van der Waals surface area contributed by atoms with Crippen molar-refractivity contribution in [2.24, 2.45) is 0 Å². The summed E-state index contributed by atoms with van der Waals surface area (Å²) in [5, 5.41) is 0. The minimum absolute atomic E-state index is 0.0445. The molecule has 0 unspecified atom stereocenters. The van der Waals surface area contributed by atoms with E-state index in [-0.39, 0.29) is 5.78 Å². The van der Waals surface area contributed by atoms with Crippen LogP contribution in [0.4, 0.5) is 0 Å². The smallest absolute Gasteiger partial charge is 0.195 e. The summed E-state index contributed by atoms with van der Waals surface area (Å²) in [7, 11) is 6.53. The summed E-state index contributed by atoms with van der Waals surface area (Å²) in [5.74, 6) is 2.90. The first-order chi connectivity index (χ1) is 18.6. The fraction of sp³-hybridized carbons (Fsp3) is 0.121. The number of Topliss-reactive ketones (excluding diaryl/α,β-unsaturated/α-hetero) is 1. The molecule has 0 fully saturated rings. The van der Waals surface area contributed by atoms with Crippen LogP contribution in [-0.2, 0) is 4.79 Å². The van der Waals surface area contributed by atoms with E-state index in [0.717, 1.165) is 56.4 Å². The molecule has 0 amide bonds. The molecule has 5 heteroatoms. The molecule has 0 saturated heterocycles. The van der Waals surface area contributed by atoms with Gasteiger partial charge in [-0.25, -0.2) is 0 Å². The van der Waals surface area contributed by atoms with Gasteiger partial charge in [0.15, 0.2) is 5.78 Å². The number of rotatable bonds is 8. The Morgan fingerprint density at radius 2 is 0.553 bits per heavy atom. The van der Waals surface area contributed by atoms with E-state index in [0.29, 0.717) is 11.1 Å². The zero-order chi connectivity index (χ0) is 26.6. The first-order valence-electron chi connectivity index (χ1n) is 12.2. The highest BCUT2D eigenvalue weighted by atomic mass is 16.5. The first-order valence-corrected chi connectivity index (χ1v) is 12.2. The standard InChI is InChI=1S/C33H28O5/c1-35-25-13-5-21(6-14-25)29-30(22-7-15-26(36-2)16-8-22)32(24-11-19-28(38-4)20-12-24)33(34)31(29)23-9-17-27(37-3)18-10-23/h5-20H,1-4H3. The van der Waals surface area contributed by atoms with Crippen LogP contribution in [0, 0.1) is 0 Å². The Kier molecular flexibility index (Phi) is 7.00. The second-order valence-electron chi connectivity index (χ2n) is 8.74. The molecule has 190 valence electrons. The van der Waals surface area contributed by atoms with E-state index in [9.17, 15) is 4.79 Å². The Labute approximate surface area is 222 Å². The topological polar surface area (TPSA) is 54.0 Å². The molecule has 0 bridgehead atoms. The van der Waals surface area contributed by atoms with Gasteiger partial charge in [-0.1, -0.05) is 48.5 Å². The van der Waals surface area contributed by atoms with E-state index >= 15 is 0 Å². The lowest BCUT2D eigenvalue weighted by Crippen LogP contribution is -2.02. The summed E-state index contributed by atoms with van der Waals surface area (Å²) in [6, 6.07) is 30.8. The molecule has 0 atom stereocenters. The maximum absolute atomic E-state index is 14.4. The van der Waals surface area contributed by atoms with Crippen molar-refractivity contribution >= 4 is 28.1 Å². The van der Waals surface area contributed by atoms with Gasteiger partial charge in [0.25, 0.3) is 0 Å². The number of methoxy groups -OCH3 is 4. The van der Waals surface area contributed by atoms with Crippen LogP contribution in [0.1, 0.15) is 22.3 Å². The molecule has 1 aliphatic rings. The monoisotopic (exact) mass is 504 g/mol. The van der Waals surface area contributed by atoms with E-state index in [1.54, 1.807) is 28.4 Å². The molecule has 5 rings (SSSR count). The van der Waals surface area contributed by atoms with Crippen LogP contribution in [0.3, 0.4) is 0 Å². The number of ether oxygens (including phenoxy) is 4. The molecule has 0 heterocycles. The van der Waals surface area contributed by atoms with Crippen LogP contribution in [0.15, 0.2) is 97.1 Å². The lowest BCUT2D eigenvalue weighted by Gasteiger charge is -2.15. The zero-order valence-electron chi connectivity index (χ0n) is 21.8. The molecule has 0 aliphatic heterocycles. The largest absolute Gasteiger partial charge is 0.497 e. The quantitative estimate of drug-likeness (QED) is 0.263. The van der Waals surface area contributed by atoms with E-state index < -0.39 is 0 Å². The Balaban J connectivity index is 1.81. The van der Waals surface area contributed by atoms with Gasteiger partial charge < -0.3 is 18.9 Å². The minimum atomic E-state index is -0.0445. The minimum Gasteiger partial charge on any atom is -0.497 e. The summed E-state index contributed by atoms with van der Waals surface area (Å²) in [4.78, 5) is 14.4. The third-order valence-electron chi connectivity index (χ3n) is 6.72. The van der Waals surface area contributed by atoms with Crippen molar-refractivity contribution in [3.05, 3.63) is 119 Å². The first kappa shape index (κ1) is 24.9. The van der Waals surface area contributed by atoms with Crippen molar-refractivity contribution in [1.82, 2.24) is 0 Å². The molecule has 38 heavy (non-hydrogen) atoms. The Bertz CT molecular complexity index is 1390. The van der Waals surface area contributed by atoms with Gasteiger partial charge in [0.1, 0.15) is 23.0 Å². The normalized spacial score (nSPS) is 13.1. The predicted molar refractivity (Wildman–Crippen MR) is 151 cm³/mol. The SMILES string of the molecule is COc1ccc(C2=C(c3ccc(OC)cc3)C(c3ccc(OC)cc3)=C(c3ccc(OC)cc3)C2=O)cc1. The summed E-state index contributed by atoms with van der Waals surface area (Å²) < 4.78 is 21.6. The second-order valence-corrected chi connectivity index (χ2v) is 8.74. The summed E-state index contributed by atoms with van der Waals surface area (Å²) in [6.07, 6.45) is 0. The number of benzene rings is 4. The van der Waals surface area contributed by atoms with Crippen LogP contribution in [0.5, 0.6) is 23.0 Å². The van der Waals surface area contributed by atoms with Crippen molar-refractivity contribution in [1.29, 1.82) is 0 Å². The Morgan fingerprint density at radius 1 is 0.342 bits per heavy atom. The average Bonchev–Trinajstić information content (AvgIpc) is 3.29. The highest BCUT2D eigenvalue weighted by molar-refractivity contribution is 6.59. The van der Waals surface area contributed by atoms with E-state index in [1.165, 1.54) is 0 Å². The number of hydrogen-bond acceptors (Lipinski definition) is 5. The van der Waals surface area contributed by atoms with Crippen molar-refractivity contribution in [2.75, 3.05) is 28.4 Å². The lowest BCUT2D eigenvalue weighted by atomic mass is 9.89. The molecule has 0 radical (unpaired) electrons. The highest BCUT2D eigenvalue weighted by Gasteiger charge is 2.35. The summed E-state index contributed by atoms with van der Waals surface area (Å²) >= 11 is 0. The van der Waals surface area contributed by atoms with Crippen LogP contribution in [0.2, 0.25) is 0 Å². The summed E-state index contributed by atoms with van der Waals surface area (Å²) in [5.41, 5.74) is 6.45. The fourth-order valence-electron chi connectivity index (χ4n) is 4.76. The zero-order valence-corrected chi connectivity index (χ0v) is 21.8. The molecule has 0 N–H and O–H groups in total. The number of carbonyl (C=O) groups excluding carboxylic acids is 1. The van der Waals surface area contributed by atoms with Crippen LogP contribution in [0.25, 0.3) is 22.3 Å². The van der Waals surface area contributed by atoms with Gasteiger partial charge in [-0.15, -0.1) is 0 Å².